The van der Waals surface area contributed by atoms with Crippen LogP contribution in [0.1, 0.15) is 22.3 Å². The fraction of sp³-hybridized carbons (Fsp3) is 0.400. The molecule has 0 bridgehead atoms. The van der Waals surface area contributed by atoms with Crippen molar-refractivity contribution in [3.63, 3.8) is 0 Å². The van der Waals surface area contributed by atoms with E-state index in [9.17, 15) is 18.0 Å². The van der Waals surface area contributed by atoms with Crippen LogP contribution in [0.2, 0.25) is 5.15 Å². The smallest absolute Gasteiger partial charge is 0.369 e. The molecule has 156 valence electrons. The SMILES string of the molecule is O=C(NCCCN1CCN(c2cccc(C(F)(F)F)c2)CC1)c1ccnc(Cl)c1. The van der Waals surface area contributed by atoms with Gasteiger partial charge in [-0.3, -0.25) is 9.69 Å². The molecule has 1 N–H and O–H groups in total. The monoisotopic (exact) mass is 426 g/mol. The molecule has 5 nitrogen and oxygen atoms in total. The number of alkyl halides is 3. The summed E-state index contributed by atoms with van der Waals surface area (Å²) < 4.78 is 38.7. The predicted molar refractivity (Wildman–Crippen MR) is 106 cm³/mol. The lowest BCUT2D eigenvalue weighted by Gasteiger charge is -2.36. The minimum Gasteiger partial charge on any atom is -0.369 e. The zero-order valence-corrected chi connectivity index (χ0v) is 16.5. The van der Waals surface area contributed by atoms with Crippen LogP contribution in [0.25, 0.3) is 0 Å². The lowest BCUT2D eigenvalue weighted by atomic mass is 10.1. The van der Waals surface area contributed by atoms with E-state index in [2.05, 4.69) is 15.2 Å². The van der Waals surface area contributed by atoms with Crippen molar-refractivity contribution < 1.29 is 18.0 Å². The Morgan fingerprint density at radius 3 is 2.59 bits per heavy atom. The third-order valence-electron chi connectivity index (χ3n) is 4.84. The highest BCUT2D eigenvalue weighted by Crippen LogP contribution is 2.31. The van der Waals surface area contributed by atoms with Crippen LogP contribution in [0, 0.1) is 0 Å². The number of hydrogen-bond donors (Lipinski definition) is 1. The number of rotatable bonds is 6. The van der Waals surface area contributed by atoms with E-state index in [0.717, 1.165) is 32.1 Å². The average Bonchev–Trinajstić information content (AvgIpc) is 2.71. The number of hydrogen-bond acceptors (Lipinski definition) is 4. The minimum atomic E-state index is -4.33. The molecular formula is C20H22ClF3N4O. The lowest BCUT2D eigenvalue weighted by molar-refractivity contribution is -0.137. The van der Waals surface area contributed by atoms with Crippen molar-refractivity contribution in [2.24, 2.45) is 0 Å². The molecule has 1 fully saturated rings. The zero-order chi connectivity index (χ0) is 20.9. The molecule has 1 aliphatic rings. The Balaban J connectivity index is 1.40. The molecule has 2 aromatic rings. The number of anilines is 1. The molecular weight excluding hydrogens is 405 g/mol. The van der Waals surface area contributed by atoms with Crippen molar-refractivity contribution >= 4 is 23.2 Å². The number of amides is 1. The van der Waals surface area contributed by atoms with Gasteiger partial charge >= 0.3 is 6.18 Å². The molecule has 9 heteroatoms. The highest BCUT2D eigenvalue weighted by Gasteiger charge is 2.31. The molecule has 0 aliphatic carbocycles. The van der Waals surface area contributed by atoms with Crippen molar-refractivity contribution in [2.45, 2.75) is 12.6 Å². The Morgan fingerprint density at radius 2 is 1.90 bits per heavy atom. The van der Waals surface area contributed by atoms with Crippen LogP contribution < -0.4 is 10.2 Å². The molecule has 1 aromatic carbocycles. The summed E-state index contributed by atoms with van der Waals surface area (Å²) in [5.41, 5.74) is 0.450. The Labute approximate surface area is 172 Å². The quantitative estimate of drug-likeness (QED) is 0.565. The number of carbonyl (C=O) groups excluding carboxylic acids is 1. The van der Waals surface area contributed by atoms with Gasteiger partial charge in [0.25, 0.3) is 5.91 Å². The van der Waals surface area contributed by atoms with E-state index in [1.165, 1.54) is 24.4 Å². The standard InChI is InChI=1S/C20H22ClF3N4O/c21-18-13-15(5-7-25-18)19(29)26-6-2-8-27-9-11-28(12-10-27)17-4-1-3-16(14-17)20(22,23)24/h1,3-5,7,13-14H,2,6,8-12H2,(H,26,29). The molecule has 3 rings (SSSR count). The maximum atomic E-state index is 12.9. The summed E-state index contributed by atoms with van der Waals surface area (Å²) in [6.07, 6.45) is -2.06. The summed E-state index contributed by atoms with van der Waals surface area (Å²) in [5.74, 6) is -0.191. The first-order chi connectivity index (χ1) is 13.8. The van der Waals surface area contributed by atoms with Crippen LogP contribution >= 0.6 is 11.6 Å². The summed E-state index contributed by atoms with van der Waals surface area (Å²) in [6, 6.07) is 8.58. The second kappa shape index (κ2) is 9.45. The van der Waals surface area contributed by atoms with Crippen LogP contribution in [-0.2, 0) is 6.18 Å². The molecule has 1 saturated heterocycles. The zero-order valence-electron chi connectivity index (χ0n) is 15.8. The summed E-state index contributed by atoms with van der Waals surface area (Å²) in [4.78, 5) is 20.1. The predicted octanol–water partition coefficient (Wildman–Crippen LogP) is 3.70. The van der Waals surface area contributed by atoms with Crippen LogP contribution in [0.5, 0.6) is 0 Å². The normalized spacial score (nSPS) is 15.4. The van der Waals surface area contributed by atoms with Gasteiger partial charge in [-0.25, -0.2) is 4.98 Å². The second-order valence-electron chi connectivity index (χ2n) is 6.85. The number of pyridine rings is 1. The molecule has 0 spiro atoms. The van der Waals surface area contributed by atoms with E-state index >= 15 is 0 Å². The van der Waals surface area contributed by atoms with E-state index in [-0.39, 0.29) is 11.1 Å². The highest BCUT2D eigenvalue weighted by atomic mass is 35.5. The number of piperazine rings is 1. The fourth-order valence-electron chi connectivity index (χ4n) is 3.26. The summed E-state index contributed by atoms with van der Waals surface area (Å²) in [5, 5.41) is 3.13. The van der Waals surface area contributed by atoms with Crippen molar-refractivity contribution in [3.8, 4) is 0 Å². The number of benzene rings is 1. The van der Waals surface area contributed by atoms with E-state index in [1.807, 2.05) is 4.90 Å². The first-order valence-electron chi connectivity index (χ1n) is 9.37. The average molecular weight is 427 g/mol. The number of nitrogens with zero attached hydrogens (tertiary/aromatic N) is 3. The van der Waals surface area contributed by atoms with Crippen LogP contribution in [0.3, 0.4) is 0 Å². The lowest BCUT2D eigenvalue weighted by Crippen LogP contribution is -2.47. The summed E-state index contributed by atoms with van der Waals surface area (Å²) >= 11 is 5.78. The first kappa shape index (κ1) is 21.4. The molecule has 29 heavy (non-hydrogen) atoms. The van der Waals surface area contributed by atoms with Gasteiger partial charge in [-0.1, -0.05) is 17.7 Å². The second-order valence-corrected chi connectivity index (χ2v) is 7.24. The third kappa shape index (κ3) is 6.08. The van der Waals surface area contributed by atoms with Gasteiger partial charge in [-0.05, 0) is 43.3 Å². The maximum absolute atomic E-state index is 12.9. The van der Waals surface area contributed by atoms with Gasteiger partial charge in [0.1, 0.15) is 5.15 Å². The van der Waals surface area contributed by atoms with Gasteiger partial charge in [0.2, 0.25) is 0 Å². The fourth-order valence-corrected chi connectivity index (χ4v) is 3.43. The van der Waals surface area contributed by atoms with E-state index in [1.54, 1.807) is 12.1 Å². The Kier molecular flexibility index (Phi) is 6.97. The number of nitrogens with one attached hydrogen (secondary N) is 1. The summed E-state index contributed by atoms with van der Waals surface area (Å²) in [7, 11) is 0. The van der Waals surface area contributed by atoms with Gasteiger partial charge in [0.15, 0.2) is 0 Å². The molecule has 1 amide bonds. The molecule has 1 aromatic heterocycles. The van der Waals surface area contributed by atoms with Gasteiger partial charge in [-0.15, -0.1) is 0 Å². The molecule has 0 saturated carbocycles. The number of halogens is 4. The van der Waals surface area contributed by atoms with Gasteiger partial charge in [0.05, 0.1) is 5.56 Å². The van der Waals surface area contributed by atoms with E-state index in [4.69, 9.17) is 11.6 Å². The maximum Gasteiger partial charge on any atom is 0.416 e. The number of aromatic nitrogens is 1. The first-order valence-corrected chi connectivity index (χ1v) is 9.75. The van der Waals surface area contributed by atoms with Crippen LogP contribution in [0.4, 0.5) is 18.9 Å². The highest BCUT2D eigenvalue weighted by molar-refractivity contribution is 6.29. The van der Waals surface area contributed by atoms with Gasteiger partial charge < -0.3 is 10.2 Å². The van der Waals surface area contributed by atoms with Crippen molar-refractivity contribution in [1.29, 1.82) is 0 Å². The van der Waals surface area contributed by atoms with E-state index in [0.29, 0.717) is 30.9 Å². The molecule has 0 unspecified atom stereocenters. The van der Waals surface area contributed by atoms with Gasteiger partial charge in [-0.2, -0.15) is 13.2 Å². The van der Waals surface area contributed by atoms with Crippen LogP contribution in [0.15, 0.2) is 42.6 Å². The molecule has 1 aliphatic heterocycles. The largest absolute Gasteiger partial charge is 0.416 e. The van der Waals surface area contributed by atoms with E-state index < -0.39 is 11.7 Å². The van der Waals surface area contributed by atoms with Crippen molar-refractivity contribution in [2.75, 3.05) is 44.2 Å². The Bertz CT molecular complexity index is 838. The summed E-state index contributed by atoms with van der Waals surface area (Å²) in [6.45, 7) is 4.22. The Morgan fingerprint density at radius 1 is 1.14 bits per heavy atom. The Hall–Kier alpha value is -2.32. The molecule has 0 radical (unpaired) electrons. The van der Waals surface area contributed by atoms with Crippen molar-refractivity contribution in [3.05, 3.63) is 58.9 Å². The molecule has 0 atom stereocenters. The number of carbonyl (C=O) groups is 1. The van der Waals surface area contributed by atoms with Crippen molar-refractivity contribution in [1.82, 2.24) is 15.2 Å². The topological polar surface area (TPSA) is 48.5 Å². The minimum absolute atomic E-state index is 0.191. The third-order valence-corrected chi connectivity index (χ3v) is 5.04. The van der Waals surface area contributed by atoms with Crippen LogP contribution in [-0.4, -0.2) is 55.1 Å². The van der Waals surface area contributed by atoms with Gasteiger partial charge in [0, 0.05) is 50.2 Å². The molecule has 2 heterocycles.